The molecular formula is C13H15BrN2O4S. The van der Waals surface area contributed by atoms with E-state index in [1.54, 1.807) is 12.1 Å². The van der Waals surface area contributed by atoms with Gasteiger partial charge in [-0.15, -0.1) is 0 Å². The van der Waals surface area contributed by atoms with E-state index in [2.05, 4.69) is 20.7 Å². The van der Waals surface area contributed by atoms with Crippen LogP contribution < -0.4 is 4.72 Å². The minimum atomic E-state index is -3.78. The van der Waals surface area contributed by atoms with E-state index in [0.29, 0.717) is 5.33 Å². The van der Waals surface area contributed by atoms with Crippen LogP contribution in [0.1, 0.15) is 18.4 Å². The van der Waals surface area contributed by atoms with Crippen molar-refractivity contribution in [2.45, 2.75) is 29.1 Å². The van der Waals surface area contributed by atoms with E-state index in [0.717, 1.165) is 10.5 Å². The number of imide groups is 1. The zero-order valence-corrected chi connectivity index (χ0v) is 13.8. The van der Waals surface area contributed by atoms with Gasteiger partial charge in [0, 0.05) is 18.8 Å². The quantitative estimate of drug-likeness (QED) is 0.629. The van der Waals surface area contributed by atoms with Crippen LogP contribution in [0.25, 0.3) is 0 Å². The number of halogens is 1. The lowest BCUT2D eigenvalue weighted by atomic mass is 10.1. The monoisotopic (exact) mass is 374 g/mol. The number of likely N-dealkylation sites (N-methyl/N-ethyl adjacent to an activating group) is 1. The van der Waals surface area contributed by atoms with E-state index >= 15 is 0 Å². The molecule has 0 aliphatic carbocycles. The van der Waals surface area contributed by atoms with E-state index in [-0.39, 0.29) is 23.6 Å². The Bertz CT molecular complexity index is 657. The SMILES string of the molecule is CN1C(=O)CCC(NS(=O)(=O)c2ccc(CBr)cc2)C1=O. The molecule has 2 amide bonds. The zero-order valence-electron chi connectivity index (χ0n) is 11.4. The van der Waals surface area contributed by atoms with Crippen LogP contribution >= 0.6 is 15.9 Å². The second kappa shape index (κ2) is 6.25. The van der Waals surface area contributed by atoms with Gasteiger partial charge in [0.25, 0.3) is 0 Å². The van der Waals surface area contributed by atoms with Crippen LogP contribution in [-0.2, 0) is 24.9 Å². The first-order valence-electron chi connectivity index (χ1n) is 6.33. The fraction of sp³-hybridized carbons (Fsp3) is 0.385. The summed E-state index contributed by atoms with van der Waals surface area (Å²) in [5.74, 6) is -0.816. The average Bonchev–Trinajstić information content (AvgIpc) is 2.48. The first-order valence-corrected chi connectivity index (χ1v) is 8.93. The molecule has 1 saturated heterocycles. The third-order valence-corrected chi connectivity index (χ3v) is 5.47. The highest BCUT2D eigenvalue weighted by Gasteiger charge is 2.34. The first-order chi connectivity index (χ1) is 9.85. The van der Waals surface area contributed by atoms with Gasteiger partial charge in [-0.1, -0.05) is 28.1 Å². The maximum Gasteiger partial charge on any atom is 0.247 e. The van der Waals surface area contributed by atoms with Crippen molar-refractivity contribution in [3.05, 3.63) is 29.8 Å². The highest BCUT2D eigenvalue weighted by Crippen LogP contribution is 2.17. The molecule has 1 atom stereocenters. The topological polar surface area (TPSA) is 83.6 Å². The molecule has 1 unspecified atom stereocenters. The van der Waals surface area contributed by atoms with Gasteiger partial charge < -0.3 is 0 Å². The average molecular weight is 375 g/mol. The summed E-state index contributed by atoms with van der Waals surface area (Å²) in [7, 11) is -2.43. The van der Waals surface area contributed by atoms with Crippen LogP contribution in [0.15, 0.2) is 29.2 Å². The lowest BCUT2D eigenvalue weighted by Crippen LogP contribution is -2.52. The van der Waals surface area contributed by atoms with Crippen molar-refractivity contribution in [3.8, 4) is 0 Å². The van der Waals surface area contributed by atoms with Crippen molar-refractivity contribution in [3.63, 3.8) is 0 Å². The second-order valence-corrected chi connectivity index (χ2v) is 7.06. The molecule has 0 spiro atoms. The van der Waals surface area contributed by atoms with Crippen LogP contribution in [0.4, 0.5) is 0 Å². The minimum Gasteiger partial charge on any atom is -0.284 e. The lowest BCUT2D eigenvalue weighted by Gasteiger charge is -2.27. The van der Waals surface area contributed by atoms with Gasteiger partial charge in [0.15, 0.2) is 0 Å². The molecule has 1 aromatic rings. The number of hydrogen-bond donors (Lipinski definition) is 1. The molecule has 1 fully saturated rings. The Morgan fingerprint density at radius 3 is 2.48 bits per heavy atom. The lowest BCUT2D eigenvalue weighted by molar-refractivity contribution is -0.147. The summed E-state index contributed by atoms with van der Waals surface area (Å²) in [5.41, 5.74) is 0.952. The van der Waals surface area contributed by atoms with Crippen LogP contribution in [0.5, 0.6) is 0 Å². The van der Waals surface area contributed by atoms with Gasteiger partial charge in [-0.05, 0) is 24.1 Å². The number of nitrogens with zero attached hydrogens (tertiary/aromatic N) is 1. The Morgan fingerprint density at radius 2 is 1.90 bits per heavy atom. The largest absolute Gasteiger partial charge is 0.284 e. The number of rotatable bonds is 4. The van der Waals surface area contributed by atoms with Gasteiger partial charge in [-0.25, -0.2) is 8.42 Å². The summed E-state index contributed by atoms with van der Waals surface area (Å²) in [6, 6.07) is 5.47. The zero-order chi connectivity index (χ0) is 15.6. The Labute approximate surface area is 131 Å². The number of likely N-dealkylation sites (tertiary alicyclic amines) is 1. The Morgan fingerprint density at radius 1 is 1.29 bits per heavy atom. The van der Waals surface area contributed by atoms with Crippen molar-refractivity contribution in [1.29, 1.82) is 0 Å². The van der Waals surface area contributed by atoms with Crippen molar-refractivity contribution in [2.24, 2.45) is 0 Å². The number of carbonyl (C=O) groups excluding carboxylic acids is 2. The van der Waals surface area contributed by atoms with Gasteiger partial charge in [0.1, 0.15) is 6.04 Å². The molecule has 8 heteroatoms. The second-order valence-electron chi connectivity index (χ2n) is 4.78. The number of benzene rings is 1. The third-order valence-electron chi connectivity index (χ3n) is 3.34. The molecule has 1 aliphatic rings. The molecule has 0 radical (unpaired) electrons. The first kappa shape index (κ1) is 16.1. The molecule has 0 aromatic heterocycles. The summed E-state index contributed by atoms with van der Waals surface area (Å²) >= 11 is 3.29. The molecule has 21 heavy (non-hydrogen) atoms. The maximum absolute atomic E-state index is 12.3. The Kier molecular flexibility index (Phi) is 4.80. The molecule has 1 heterocycles. The van der Waals surface area contributed by atoms with Gasteiger partial charge in [0.05, 0.1) is 4.90 Å². The minimum absolute atomic E-state index is 0.0968. The van der Waals surface area contributed by atoms with Gasteiger partial charge in [0.2, 0.25) is 21.8 Å². The van der Waals surface area contributed by atoms with Crippen molar-refractivity contribution in [1.82, 2.24) is 9.62 Å². The van der Waals surface area contributed by atoms with E-state index in [1.165, 1.54) is 19.2 Å². The molecule has 0 saturated carbocycles. The van der Waals surface area contributed by atoms with Crippen molar-refractivity contribution in [2.75, 3.05) is 7.05 Å². The summed E-state index contributed by atoms with van der Waals surface area (Å²) in [5, 5.41) is 0.634. The van der Waals surface area contributed by atoms with E-state index in [1.807, 2.05) is 0 Å². The van der Waals surface area contributed by atoms with Crippen LogP contribution in [0.2, 0.25) is 0 Å². The summed E-state index contributed by atoms with van der Waals surface area (Å²) in [6.45, 7) is 0. The predicted molar refractivity (Wildman–Crippen MR) is 80.2 cm³/mol. The summed E-state index contributed by atoms with van der Waals surface area (Å²) in [6.07, 6.45) is 0.332. The number of nitrogens with one attached hydrogen (secondary N) is 1. The highest BCUT2D eigenvalue weighted by atomic mass is 79.9. The van der Waals surface area contributed by atoms with Crippen LogP contribution in [0.3, 0.4) is 0 Å². The fourth-order valence-corrected chi connectivity index (χ4v) is 3.64. The van der Waals surface area contributed by atoms with Gasteiger partial charge in [-0.3, -0.25) is 14.5 Å². The van der Waals surface area contributed by atoms with E-state index < -0.39 is 22.0 Å². The van der Waals surface area contributed by atoms with Crippen LogP contribution in [-0.4, -0.2) is 38.2 Å². The molecule has 1 aliphatic heterocycles. The van der Waals surface area contributed by atoms with E-state index in [4.69, 9.17) is 0 Å². The molecule has 2 rings (SSSR count). The highest BCUT2D eigenvalue weighted by molar-refractivity contribution is 9.08. The maximum atomic E-state index is 12.3. The Hall–Kier alpha value is -1.25. The number of sulfonamides is 1. The smallest absolute Gasteiger partial charge is 0.247 e. The Balaban J connectivity index is 2.17. The van der Waals surface area contributed by atoms with Crippen molar-refractivity contribution < 1.29 is 18.0 Å². The number of amides is 2. The van der Waals surface area contributed by atoms with Crippen molar-refractivity contribution >= 4 is 37.8 Å². The number of carbonyl (C=O) groups is 2. The van der Waals surface area contributed by atoms with Gasteiger partial charge >= 0.3 is 0 Å². The number of hydrogen-bond acceptors (Lipinski definition) is 4. The third kappa shape index (κ3) is 3.50. The molecular weight excluding hydrogens is 360 g/mol. The van der Waals surface area contributed by atoms with Gasteiger partial charge in [-0.2, -0.15) is 4.72 Å². The predicted octanol–water partition coefficient (Wildman–Crippen LogP) is 1.01. The molecule has 6 nitrogen and oxygen atoms in total. The fourth-order valence-electron chi connectivity index (χ4n) is 2.04. The molecule has 1 aromatic carbocycles. The molecule has 114 valence electrons. The molecule has 0 bridgehead atoms. The standard InChI is InChI=1S/C13H15BrN2O4S/c1-16-12(17)7-6-11(13(16)18)15-21(19,20)10-4-2-9(8-14)3-5-10/h2-5,11,15H,6-8H2,1H3. The summed E-state index contributed by atoms with van der Waals surface area (Å²) < 4.78 is 26.9. The normalized spacial score (nSPS) is 19.9. The van der Waals surface area contributed by atoms with E-state index in [9.17, 15) is 18.0 Å². The molecule has 1 N–H and O–H groups in total. The number of alkyl halides is 1. The van der Waals surface area contributed by atoms with Crippen LogP contribution in [0, 0.1) is 0 Å². The number of piperidine rings is 1. The summed E-state index contributed by atoms with van der Waals surface area (Å²) in [4.78, 5) is 24.4.